The number of carboxylic acids is 1. The van der Waals surface area contributed by atoms with Crippen LogP contribution in [0.15, 0.2) is 53.1 Å². The van der Waals surface area contributed by atoms with Gasteiger partial charge in [0.25, 0.3) is 0 Å². The van der Waals surface area contributed by atoms with Crippen LogP contribution in [0.4, 0.5) is 4.39 Å². The van der Waals surface area contributed by atoms with E-state index in [9.17, 15) is 14.3 Å². The predicted molar refractivity (Wildman–Crippen MR) is 125 cm³/mol. The number of aromatic nitrogens is 1. The lowest BCUT2D eigenvalue weighted by atomic mass is 9.75. The molecule has 34 heavy (non-hydrogen) atoms. The predicted octanol–water partition coefficient (Wildman–Crippen LogP) is 6.17. The molecule has 1 N–H and O–H groups in total. The van der Waals surface area contributed by atoms with Crippen LogP contribution >= 0.6 is 0 Å². The number of aryl methyl sites for hydroxylation is 1. The average molecular weight is 468 g/mol. The van der Waals surface area contributed by atoms with Gasteiger partial charge in [0, 0.05) is 11.0 Å². The van der Waals surface area contributed by atoms with Gasteiger partial charge in [-0.3, -0.25) is 0 Å². The number of rotatable bonds is 10. The molecule has 1 aliphatic carbocycles. The van der Waals surface area contributed by atoms with Crippen molar-refractivity contribution in [2.75, 3.05) is 13.2 Å². The second kappa shape index (κ2) is 10.9. The van der Waals surface area contributed by atoms with Gasteiger partial charge in [-0.25, -0.2) is 14.2 Å². The lowest BCUT2D eigenvalue weighted by molar-refractivity contribution is -0.0520. The van der Waals surface area contributed by atoms with Crippen LogP contribution < -0.4 is 0 Å². The molecule has 1 fully saturated rings. The van der Waals surface area contributed by atoms with E-state index in [-0.39, 0.29) is 17.8 Å². The van der Waals surface area contributed by atoms with E-state index in [1.807, 2.05) is 12.1 Å². The summed E-state index contributed by atoms with van der Waals surface area (Å²) in [5, 5.41) is 9.55. The van der Waals surface area contributed by atoms with Crippen molar-refractivity contribution in [3.05, 3.63) is 76.9 Å². The van der Waals surface area contributed by atoms with Crippen LogP contribution in [-0.4, -0.2) is 29.3 Å². The SMILES string of the molecule is Cc1cccc(COCC2(COCc3coc(-c4ccc(F)cc4)n3)CCCCC2)c1C(=O)O. The molecular formula is C27H30FNO5. The number of ether oxygens (including phenoxy) is 2. The van der Waals surface area contributed by atoms with Crippen molar-refractivity contribution in [1.29, 1.82) is 0 Å². The highest BCUT2D eigenvalue weighted by Crippen LogP contribution is 2.37. The highest BCUT2D eigenvalue weighted by molar-refractivity contribution is 5.91. The molecule has 4 rings (SSSR count). The van der Waals surface area contributed by atoms with Crippen molar-refractivity contribution < 1.29 is 28.2 Å². The maximum absolute atomic E-state index is 13.1. The number of oxazole rings is 1. The number of nitrogens with zero attached hydrogens (tertiary/aromatic N) is 1. The van der Waals surface area contributed by atoms with Gasteiger partial charge >= 0.3 is 5.97 Å². The second-order valence-corrected chi connectivity index (χ2v) is 9.11. The minimum Gasteiger partial charge on any atom is -0.478 e. The summed E-state index contributed by atoms with van der Waals surface area (Å²) in [4.78, 5) is 16.1. The molecule has 1 aromatic heterocycles. The van der Waals surface area contributed by atoms with Crippen molar-refractivity contribution in [1.82, 2.24) is 4.98 Å². The topological polar surface area (TPSA) is 81.8 Å². The average Bonchev–Trinajstić information content (AvgIpc) is 3.29. The molecule has 3 aromatic rings. The molecular weight excluding hydrogens is 437 g/mol. The molecule has 1 saturated carbocycles. The smallest absolute Gasteiger partial charge is 0.336 e. The Morgan fingerprint density at radius 2 is 1.76 bits per heavy atom. The lowest BCUT2D eigenvalue weighted by Crippen LogP contribution is -2.34. The maximum atomic E-state index is 13.1. The molecule has 0 saturated heterocycles. The molecule has 0 aliphatic heterocycles. The van der Waals surface area contributed by atoms with Gasteiger partial charge in [-0.15, -0.1) is 0 Å². The van der Waals surface area contributed by atoms with Gasteiger partial charge in [0.05, 0.1) is 32.0 Å². The minimum absolute atomic E-state index is 0.102. The van der Waals surface area contributed by atoms with Crippen molar-refractivity contribution in [2.24, 2.45) is 5.41 Å². The fourth-order valence-electron chi connectivity index (χ4n) is 4.63. The Labute approximate surface area is 198 Å². The summed E-state index contributed by atoms with van der Waals surface area (Å²) < 4.78 is 30.8. The fraction of sp³-hybridized carbons (Fsp3) is 0.407. The number of aromatic carboxylic acids is 1. The monoisotopic (exact) mass is 467 g/mol. The molecule has 6 nitrogen and oxygen atoms in total. The van der Waals surface area contributed by atoms with Gasteiger partial charge in [-0.2, -0.15) is 0 Å². The van der Waals surface area contributed by atoms with Crippen LogP contribution in [0.2, 0.25) is 0 Å². The van der Waals surface area contributed by atoms with E-state index in [0.717, 1.165) is 31.2 Å². The molecule has 1 aliphatic rings. The van der Waals surface area contributed by atoms with Crippen LogP contribution in [-0.2, 0) is 22.7 Å². The van der Waals surface area contributed by atoms with Crippen LogP contribution in [0.3, 0.4) is 0 Å². The number of carbonyl (C=O) groups is 1. The molecule has 0 bridgehead atoms. The number of benzene rings is 2. The Morgan fingerprint density at radius 1 is 1.06 bits per heavy atom. The van der Waals surface area contributed by atoms with E-state index in [2.05, 4.69) is 4.98 Å². The molecule has 0 atom stereocenters. The summed E-state index contributed by atoms with van der Waals surface area (Å²) >= 11 is 0. The Bertz CT molecular complexity index is 1100. The van der Waals surface area contributed by atoms with E-state index in [4.69, 9.17) is 13.9 Å². The summed E-state index contributed by atoms with van der Waals surface area (Å²) in [6, 6.07) is 11.5. The number of halogens is 1. The Hall–Kier alpha value is -3.03. The third-order valence-corrected chi connectivity index (χ3v) is 6.45. The Morgan fingerprint density at radius 3 is 2.47 bits per heavy atom. The largest absolute Gasteiger partial charge is 0.478 e. The van der Waals surface area contributed by atoms with Gasteiger partial charge in [-0.1, -0.05) is 37.5 Å². The highest BCUT2D eigenvalue weighted by atomic mass is 19.1. The van der Waals surface area contributed by atoms with Gasteiger partial charge in [0.1, 0.15) is 17.8 Å². The Kier molecular flexibility index (Phi) is 7.75. The molecule has 2 aromatic carbocycles. The van der Waals surface area contributed by atoms with E-state index in [1.54, 1.807) is 31.4 Å². The quantitative estimate of drug-likeness (QED) is 0.384. The Balaban J connectivity index is 1.34. The van der Waals surface area contributed by atoms with Crippen LogP contribution in [0.25, 0.3) is 11.5 Å². The van der Waals surface area contributed by atoms with E-state index >= 15 is 0 Å². The molecule has 0 spiro atoms. The highest BCUT2D eigenvalue weighted by Gasteiger charge is 2.33. The van der Waals surface area contributed by atoms with Crippen LogP contribution in [0.5, 0.6) is 0 Å². The lowest BCUT2D eigenvalue weighted by Gasteiger charge is -2.36. The van der Waals surface area contributed by atoms with Crippen molar-refractivity contribution in [3.63, 3.8) is 0 Å². The molecule has 0 unspecified atom stereocenters. The molecule has 180 valence electrons. The number of hydrogen-bond donors (Lipinski definition) is 1. The zero-order chi connectivity index (χ0) is 24.0. The normalized spacial score (nSPS) is 15.4. The van der Waals surface area contributed by atoms with Crippen LogP contribution in [0, 0.1) is 18.2 Å². The molecule has 0 radical (unpaired) electrons. The summed E-state index contributed by atoms with van der Waals surface area (Å²) in [7, 11) is 0. The zero-order valence-corrected chi connectivity index (χ0v) is 19.4. The van der Waals surface area contributed by atoms with Gasteiger partial charge in [0.15, 0.2) is 0 Å². The first-order chi connectivity index (χ1) is 16.5. The summed E-state index contributed by atoms with van der Waals surface area (Å²) in [6.07, 6.45) is 7.02. The van der Waals surface area contributed by atoms with Gasteiger partial charge < -0.3 is 19.0 Å². The van der Waals surface area contributed by atoms with Crippen molar-refractivity contribution >= 4 is 5.97 Å². The number of carboxylic acid groups (broad SMARTS) is 1. The first kappa shape index (κ1) is 24.1. The van der Waals surface area contributed by atoms with Crippen molar-refractivity contribution in [3.8, 4) is 11.5 Å². The molecule has 7 heteroatoms. The first-order valence-electron chi connectivity index (χ1n) is 11.6. The minimum atomic E-state index is -0.931. The van der Waals surface area contributed by atoms with E-state index in [1.165, 1.54) is 18.6 Å². The molecule has 0 amide bonds. The van der Waals surface area contributed by atoms with Crippen molar-refractivity contribution in [2.45, 2.75) is 52.2 Å². The fourth-order valence-corrected chi connectivity index (χ4v) is 4.63. The third-order valence-electron chi connectivity index (χ3n) is 6.45. The van der Waals surface area contributed by atoms with E-state index < -0.39 is 5.97 Å². The summed E-state index contributed by atoms with van der Waals surface area (Å²) in [5.41, 5.74) is 3.03. The molecule has 1 heterocycles. The van der Waals surface area contributed by atoms with Gasteiger partial charge in [0.2, 0.25) is 5.89 Å². The maximum Gasteiger partial charge on any atom is 0.336 e. The summed E-state index contributed by atoms with van der Waals surface area (Å²) in [5.74, 6) is -0.804. The second-order valence-electron chi connectivity index (χ2n) is 9.11. The zero-order valence-electron chi connectivity index (χ0n) is 19.4. The van der Waals surface area contributed by atoms with E-state index in [0.29, 0.717) is 48.1 Å². The third kappa shape index (κ3) is 5.90. The van der Waals surface area contributed by atoms with Gasteiger partial charge in [-0.05, 0) is 55.2 Å². The van der Waals surface area contributed by atoms with Crippen LogP contribution in [0.1, 0.15) is 59.3 Å². The first-order valence-corrected chi connectivity index (χ1v) is 11.6. The standard InChI is InChI=1S/C27H30FNO5/c1-19-6-5-7-21(24(19)26(30)31)14-32-17-27(12-3-2-4-13-27)18-33-15-23-16-34-25(29-23)20-8-10-22(28)11-9-20/h5-11,16H,2-4,12-15,17-18H2,1H3,(H,30,31). The summed E-state index contributed by atoms with van der Waals surface area (Å²) in [6.45, 7) is 3.42. The number of hydrogen-bond acceptors (Lipinski definition) is 5.